The summed E-state index contributed by atoms with van der Waals surface area (Å²) in [6.45, 7) is 35.8. The number of carboxylic acids is 1. The molecule has 2 fully saturated rings. The molecule has 4 aromatic carbocycles. The van der Waals surface area contributed by atoms with Gasteiger partial charge in [-0.25, -0.2) is 8.78 Å². The van der Waals surface area contributed by atoms with E-state index in [1.54, 1.807) is 55.7 Å². The van der Waals surface area contributed by atoms with E-state index in [2.05, 4.69) is 23.6 Å². The molecule has 8 rings (SSSR count). The number of ketones is 2. The number of hydrogen-bond acceptors (Lipinski definition) is 11. The fourth-order valence-corrected chi connectivity index (χ4v) is 13.6. The zero-order valence-electron chi connectivity index (χ0n) is 58.1. The van der Waals surface area contributed by atoms with Crippen LogP contribution in [0.4, 0.5) is 8.78 Å². The van der Waals surface area contributed by atoms with Gasteiger partial charge in [0.05, 0.1) is 31.5 Å². The van der Waals surface area contributed by atoms with Crippen LogP contribution >= 0.6 is 0 Å². The first-order chi connectivity index (χ1) is 42.5. The predicted octanol–water partition coefficient (Wildman–Crippen LogP) is 11.5. The number of carbonyl (C=O) groups excluding carboxylic acids is 3. The first-order valence-electron chi connectivity index (χ1n) is 32.6. The summed E-state index contributed by atoms with van der Waals surface area (Å²) < 4.78 is 40.2. The Morgan fingerprint density at radius 1 is 0.538 bits per heavy atom. The zero-order valence-corrected chi connectivity index (χ0v) is 58.1. The van der Waals surface area contributed by atoms with Gasteiger partial charge in [-0.05, 0) is 225 Å². The monoisotopic (exact) mass is 1270 g/mol. The molecule has 0 bridgehead atoms. The number of carbonyl (C=O) groups is 4. The summed E-state index contributed by atoms with van der Waals surface area (Å²) in [7, 11) is 0. The Morgan fingerprint density at radius 2 is 0.892 bits per heavy atom. The smallest absolute Gasteiger partial charge is 0.870 e. The molecule has 2 aromatic heterocycles. The van der Waals surface area contributed by atoms with E-state index in [4.69, 9.17) is 4.74 Å². The van der Waals surface area contributed by atoms with Crippen LogP contribution in [0.25, 0.3) is 22.3 Å². The van der Waals surface area contributed by atoms with Gasteiger partial charge in [0.25, 0.3) is 11.1 Å². The molecule has 2 aliphatic rings. The maximum atomic E-state index is 16.0. The number of benzene rings is 4. The molecule has 2 unspecified atom stereocenters. The van der Waals surface area contributed by atoms with Crippen LogP contribution in [0, 0.1) is 90.7 Å². The Labute approximate surface area is 562 Å². The van der Waals surface area contributed by atoms with Crippen molar-refractivity contribution in [3.63, 3.8) is 0 Å². The van der Waals surface area contributed by atoms with Crippen molar-refractivity contribution in [2.24, 2.45) is 23.7 Å². The number of ether oxygens (including phenoxy) is 1. The van der Waals surface area contributed by atoms with Crippen molar-refractivity contribution in [2.45, 2.75) is 179 Å². The van der Waals surface area contributed by atoms with E-state index in [0.717, 1.165) is 119 Å². The van der Waals surface area contributed by atoms with Gasteiger partial charge in [0, 0.05) is 88.5 Å². The number of carboxylic acid groups (broad SMARTS) is 1. The summed E-state index contributed by atoms with van der Waals surface area (Å²) in [6, 6.07) is 20.8. The van der Waals surface area contributed by atoms with Gasteiger partial charge in [-0.2, -0.15) is 0 Å². The van der Waals surface area contributed by atoms with Crippen LogP contribution in [0.1, 0.15) is 178 Å². The van der Waals surface area contributed by atoms with Crippen molar-refractivity contribution >= 4 is 23.5 Å². The van der Waals surface area contributed by atoms with E-state index in [1.165, 1.54) is 4.57 Å². The average molecular weight is 1270 g/mol. The molecule has 0 aliphatic carbocycles. The van der Waals surface area contributed by atoms with Gasteiger partial charge < -0.3 is 39.7 Å². The van der Waals surface area contributed by atoms with Crippen LogP contribution in [0.5, 0.6) is 0 Å². The van der Waals surface area contributed by atoms with Crippen molar-refractivity contribution in [1.82, 2.24) is 18.9 Å². The third-order valence-electron chi connectivity index (χ3n) is 18.3. The summed E-state index contributed by atoms with van der Waals surface area (Å²) in [5, 5.41) is 9.86. The summed E-state index contributed by atoms with van der Waals surface area (Å²) in [6.07, 6.45) is 5.33. The Hall–Kier alpha value is -6.64. The maximum absolute atomic E-state index is 16.0. The van der Waals surface area contributed by atoms with Crippen LogP contribution in [0.2, 0.25) is 0 Å². The number of aliphatic carboxylic acids is 1. The molecule has 2 saturated heterocycles. The second-order valence-electron chi connectivity index (χ2n) is 27.2. The second-order valence-corrected chi connectivity index (χ2v) is 27.2. The molecule has 3 N–H and O–H groups in total. The summed E-state index contributed by atoms with van der Waals surface area (Å²) >= 11 is 0. The largest absolute Gasteiger partial charge is 1.00 e. The van der Waals surface area contributed by atoms with E-state index in [-0.39, 0.29) is 95.8 Å². The molecule has 6 aromatic rings. The fraction of sp³-hybridized carbons (Fsp3) is 0.500. The number of aryl methyl sites for hydroxylation is 8. The van der Waals surface area contributed by atoms with Crippen LogP contribution in [-0.4, -0.2) is 104 Å². The Kier molecular flexibility index (Phi) is 29.8. The van der Waals surface area contributed by atoms with Crippen molar-refractivity contribution < 1.29 is 67.6 Å². The van der Waals surface area contributed by atoms with Gasteiger partial charge in [0.15, 0.2) is 11.6 Å². The Bertz CT molecular complexity index is 3660. The topological polar surface area (TPSA) is 208 Å². The first kappa shape index (κ1) is 78.8. The number of aromatic nitrogens is 2. The summed E-state index contributed by atoms with van der Waals surface area (Å²) in [5.41, 5.74) is 12.6. The number of likely N-dealkylation sites (tertiary alicyclic amines) is 2. The first-order valence-corrected chi connectivity index (χ1v) is 32.6. The minimum atomic E-state index is -1.10. The standard InChI is InChI=1S/C39H51FN2O4.C37H47FN2O4.Li.2H2O/c1-9-46-37(45)20-31(33-18-32(16-29(8)39(33)40)38-26(5)11-10-12-27(38)6)19-35(43)34(15-24(2)3)42-23-30(28(7)17-36(42)44)13-14-41-21-25(4)22-41;1-22(2)13-32(40-21-28(26(6)15-34(40)42)11-12-39-19-23(3)20-39)33(41)17-29(18-35(43)44)31-16-30(14-27(7)37(31)38)36-24(4)9-8-10-25(36)5;;;/h10-12,16-18,23-25,31,34H,9,13-15,19-22H2,1-8H3;8-10,14-16,21-23,29,32H,11-13,17-20H2,1-7H3,(H,43,44);;2*1H2/q;;+1;;/p-2/t31-,34?;29-,32?;;;/m00.../s1. The SMILES string of the molecule is CCOC(=O)C[C@H](CC(=O)C(CC(C)C)n1cc(CCN2CC(C)C2)c(C)cc1=O)c1cc(-c2c(C)cccc2C)cc(C)c1F.Cc1cc(=O)n(C(CC(C)C)C(=O)C[C@@H](CC(=O)O)c2cc(-c3c(C)cccc3C)cc(C)c2F)cc1CCN1CC(C)C1.[Li+].[OH-].[OH-]. The third kappa shape index (κ3) is 20.4. The number of halogens is 2. The van der Waals surface area contributed by atoms with Gasteiger partial charge in [-0.1, -0.05) is 77.9 Å². The van der Waals surface area contributed by atoms with Crippen molar-refractivity contribution in [3.05, 3.63) is 184 Å². The molecule has 0 amide bonds. The minimum Gasteiger partial charge on any atom is -0.870 e. The average Bonchev–Trinajstić information content (AvgIpc) is 0.807. The number of esters is 1. The molecule has 0 spiro atoms. The Morgan fingerprint density at radius 3 is 1.22 bits per heavy atom. The molecule has 2 aliphatic heterocycles. The molecule has 0 saturated carbocycles. The van der Waals surface area contributed by atoms with E-state index < -0.39 is 53.9 Å². The van der Waals surface area contributed by atoms with E-state index >= 15 is 8.78 Å². The minimum absolute atomic E-state index is 0. The molecule has 93 heavy (non-hydrogen) atoms. The number of rotatable bonds is 27. The molecule has 4 atom stereocenters. The number of nitrogens with zero attached hydrogens (tertiary/aromatic N) is 4. The molecule has 17 heteroatoms. The quantitative estimate of drug-likeness (QED) is 0.0377. The van der Waals surface area contributed by atoms with Crippen molar-refractivity contribution in [2.75, 3.05) is 45.9 Å². The van der Waals surface area contributed by atoms with Crippen molar-refractivity contribution in [1.29, 1.82) is 0 Å². The van der Waals surface area contributed by atoms with E-state index in [0.29, 0.717) is 41.4 Å². The fourth-order valence-electron chi connectivity index (χ4n) is 13.6. The number of hydrogen-bond donors (Lipinski definition) is 1. The predicted molar refractivity (Wildman–Crippen MR) is 361 cm³/mol. The zero-order chi connectivity index (χ0) is 66.0. The number of pyridine rings is 2. The maximum Gasteiger partial charge on any atom is 1.00 e. The van der Waals surface area contributed by atoms with Gasteiger partial charge in [0.1, 0.15) is 11.6 Å². The van der Waals surface area contributed by atoms with Gasteiger partial charge in [0.2, 0.25) is 0 Å². The van der Waals surface area contributed by atoms with Crippen LogP contribution in [0.3, 0.4) is 0 Å². The van der Waals surface area contributed by atoms with Gasteiger partial charge in [-0.15, -0.1) is 0 Å². The number of Topliss-reactive ketones (excluding diaryl/α,β-unsaturated/α-hetero) is 2. The Balaban J connectivity index is 0.000000384. The van der Waals surface area contributed by atoms with Crippen LogP contribution in [0.15, 0.2) is 94.8 Å². The van der Waals surface area contributed by atoms with Crippen LogP contribution < -0.4 is 30.0 Å². The molecule has 4 heterocycles. The normalized spacial score (nSPS) is 14.7. The third-order valence-corrected chi connectivity index (χ3v) is 18.3. The second kappa shape index (κ2) is 35.2. The van der Waals surface area contributed by atoms with Crippen LogP contribution in [-0.2, 0) is 36.8 Å². The molecule has 14 nitrogen and oxygen atoms in total. The summed E-state index contributed by atoms with van der Waals surface area (Å²) in [4.78, 5) is 84.9. The molecular formula is C76H100F2LiN4O10-. The molecule has 0 radical (unpaired) electrons. The van der Waals surface area contributed by atoms with Crippen molar-refractivity contribution in [3.8, 4) is 22.3 Å². The molecular weight excluding hydrogens is 1170 g/mol. The van der Waals surface area contributed by atoms with E-state index in [1.807, 2.05) is 124 Å². The van der Waals surface area contributed by atoms with E-state index in [9.17, 15) is 33.9 Å². The summed E-state index contributed by atoms with van der Waals surface area (Å²) in [5.74, 6) is -2.94. The van der Waals surface area contributed by atoms with Gasteiger partial charge >= 0.3 is 30.8 Å². The molecule has 500 valence electrons. The van der Waals surface area contributed by atoms with Gasteiger partial charge in [-0.3, -0.25) is 28.8 Å².